The molecule has 0 saturated heterocycles. The molecule has 0 radical (unpaired) electrons. The number of benzene rings is 2. The fourth-order valence-electron chi connectivity index (χ4n) is 2.12. The third-order valence-electron chi connectivity index (χ3n) is 3.18. The smallest absolute Gasteiger partial charge is 0.320 e. The zero-order valence-electron chi connectivity index (χ0n) is 11.0. The van der Waals surface area contributed by atoms with Crippen LogP contribution in [-0.4, -0.2) is 22.2 Å². The number of carboxylic acid groups (broad SMARTS) is 1. The predicted molar refractivity (Wildman–Crippen MR) is 76.7 cm³/mol. The first-order valence-electron chi connectivity index (χ1n) is 6.39. The number of carboxylic acids is 1. The van der Waals surface area contributed by atoms with E-state index in [9.17, 15) is 9.90 Å². The van der Waals surface area contributed by atoms with Gasteiger partial charge in [-0.3, -0.25) is 4.79 Å². The number of aromatic hydroxyl groups is 1. The molecule has 0 amide bonds. The first kappa shape index (κ1) is 14.1. The van der Waals surface area contributed by atoms with Crippen molar-refractivity contribution in [3.05, 3.63) is 65.2 Å². The van der Waals surface area contributed by atoms with Gasteiger partial charge < -0.3 is 15.9 Å². The van der Waals surface area contributed by atoms with Crippen molar-refractivity contribution >= 4 is 5.97 Å². The molecule has 1 atom stereocenters. The van der Waals surface area contributed by atoms with Crippen LogP contribution in [0.3, 0.4) is 0 Å². The number of carbonyl (C=O) groups is 1. The molecule has 20 heavy (non-hydrogen) atoms. The summed E-state index contributed by atoms with van der Waals surface area (Å²) in [7, 11) is 0. The summed E-state index contributed by atoms with van der Waals surface area (Å²) in [5.41, 5.74) is 8.43. The number of rotatable bonds is 5. The van der Waals surface area contributed by atoms with Crippen LogP contribution in [0.1, 0.15) is 16.7 Å². The molecule has 0 aliphatic heterocycles. The molecule has 4 heteroatoms. The van der Waals surface area contributed by atoms with Crippen molar-refractivity contribution in [2.45, 2.75) is 18.9 Å². The van der Waals surface area contributed by atoms with Crippen molar-refractivity contribution in [3.63, 3.8) is 0 Å². The summed E-state index contributed by atoms with van der Waals surface area (Å²) in [6, 6.07) is 13.8. The average Bonchev–Trinajstić information content (AvgIpc) is 2.42. The first-order valence-corrected chi connectivity index (χ1v) is 6.39. The Morgan fingerprint density at radius 3 is 2.45 bits per heavy atom. The van der Waals surface area contributed by atoms with Crippen LogP contribution in [0.25, 0.3) is 0 Å². The zero-order valence-corrected chi connectivity index (χ0v) is 11.0. The van der Waals surface area contributed by atoms with Crippen LogP contribution < -0.4 is 5.73 Å². The van der Waals surface area contributed by atoms with Gasteiger partial charge in [0.25, 0.3) is 0 Å². The minimum Gasteiger partial charge on any atom is -0.508 e. The molecule has 4 nitrogen and oxygen atoms in total. The summed E-state index contributed by atoms with van der Waals surface area (Å²) in [4.78, 5) is 10.9. The summed E-state index contributed by atoms with van der Waals surface area (Å²) in [5.74, 6) is -0.854. The van der Waals surface area contributed by atoms with Crippen molar-refractivity contribution in [3.8, 4) is 5.75 Å². The molecule has 0 aliphatic carbocycles. The molecule has 0 spiro atoms. The van der Waals surface area contributed by atoms with Gasteiger partial charge in [-0.1, -0.05) is 36.4 Å². The third-order valence-corrected chi connectivity index (χ3v) is 3.18. The van der Waals surface area contributed by atoms with Gasteiger partial charge in [0.1, 0.15) is 11.8 Å². The molecular formula is C16H17NO3. The van der Waals surface area contributed by atoms with Crippen LogP contribution in [0.2, 0.25) is 0 Å². The van der Waals surface area contributed by atoms with Crippen molar-refractivity contribution in [1.29, 1.82) is 0 Å². The largest absolute Gasteiger partial charge is 0.508 e. The maximum absolute atomic E-state index is 10.9. The lowest BCUT2D eigenvalue weighted by Crippen LogP contribution is -2.32. The minimum absolute atomic E-state index is 0.170. The van der Waals surface area contributed by atoms with Crippen molar-refractivity contribution in [1.82, 2.24) is 0 Å². The Balaban J connectivity index is 2.26. The number of nitrogens with two attached hydrogens (primary N) is 1. The van der Waals surface area contributed by atoms with E-state index in [0.29, 0.717) is 6.42 Å². The van der Waals surface area contributed by atoms with Gasteiger partial charge in [-0.05, 0) is 41.7 Å². The Labute approximate surface area is 117 Å². The van der Waals surface area contributed by atoms with Gasteiger partial charge in [0, 0.05) is 0 Å². The third kappa shape index (κ3) is 3.59. The molecule has 4 N–H and O–H groups in total. The van der Waals surface area contributed by atoms with Crippen LogP contribution in [-0.2, 0) is 17.6 Å². The van der Waals surface area contributed by atoms with E-state index in [1.165, 1.54) is 0 Å². The second-order valence-electron chi connectivity index (χ2n) is 4.76. The summed E-state index contributed by atoms with van der Waals surface area (Å²) in [5, 5.41) is 18.5. The van der Waals surface area contributed by atoms with Crippen LogP contribution in [0.15, 0.2) is 48.5 Å². The zero-order chi connectivity index (χ0) is 14.5. The van der Waals surface area contributed by atoms with E-state index in [1.54, 1.807) is 18.2 Å². The van der Waals surface area contributed by atoms with Crippen LogP contribution in [0.5, 0.6) is 5.75 Å². The molecule has 0 unspecified atom stereocenters. The Morgan fingerprint density at radius 1 is 1.10 bits per heavy atom. The molecule has 2 rings (SSSR count). The number of hydrogen-bond donors (Lipinski definition) is 3. The number of hydrogen-bond acceptors (Lipinski definition) is 3. The molecule has 0 saturated carbocycles. The van der Waals surface area contributed by atoms with Crippen LogP contribution in [0, 0.1) is 0 Å². The first-order chi connectivity index (χ1) is 9.56. The standard InChI is InChI=1S/C16H17NO3/c17-15(16(19)20)10-12-6-7-14(18)9-13(12)8-11-4-2-1-3-5-11/h1-7,9,15,18H,8,10,17H2,(H,19,20)/t15-/m1/s1. The average molecular weight is 271 g/mol. The Bertz CT molecular complexity index is 596. The summed E-state index contributed by atoms with van der Waals surface area (Å²) in [6.45, 7) is 0. The van der Waals surface area contributed by atoms with E-state index in [4.69, 9.17) is 10.8 Å². The van der Waals surface area contributed by atoms with E-state index < -0.39 is 12.0 Å². The minimum atomic E-state index is -1.02. The van der Waals surface area contributed by atoms with Gasteiger partial charge in [-0.25, -0.2) is 0 Å². The van der Waals surface area contributed by atoms with E-state index in [1.807, 2.05) is 30.3 Å². The maximum atomic E-state index is 10.9. The van der Waals surface area contributed by atoms with Gasteiger partial charge in [0.15, 0.2) is 0 Å². The molecule has 2 aromatic carbocycles. The lowest BCUT2D eigenvalue weighted by Gasteiger charge is -2.12. The van der Waals surface area contributed by atoms with Crippen molar-refractivity contribution in [2.75, 3.05) is 0 Å². The second-order valence-corrected chi connectivity index (χ2v) is 4.76. The predicted octanol–water partition coefficient (Wildman–Crippen LogP) is 1.94. The molecular weight excluding hydrogens is 254 g/mol. The number of phenols is 1. The van der Waals surface area contributed by atoms with Crippen molar-refractivity contribution in [2.24, 2.45) is 5.73 Å². The van der Waals surface area contributed by atoms with Gasteiger partial charge >= 0.3 is 5.97 Å². The lowest BCUT2D eigenvalue weighted by molar-refractivity contribution is -0.138. The van der Waals surface area contributed by atoms with Gasteiger partial charge in [0.2, 0.25) is 0 Å². The maximum Gasteiger partial charge on any atom is 0.320 e. The second kappa shape index (κ2) is 6.21. The van der Waals surface area contributed by atoms with E-state index in [0.717, 1.165) is 16.7 Å². The Morgan fingerprint density at radius 2 is 1.80 bits per heavy atom. The highest BCUT2D eigenvalue weighted by Crippen LogP contribution is 2.21. The summed E-state index contributed by atoms with van der Waals surface area (Å²) < 4.78 is 0. The quantitative estimate of drug-likeness (QED) is 0.776. The Hall–Kier alpha value is -2.33. The van der Waals surface area contributed by atoms with E-state index in [-0.39, 0.29) is 12.2 Å². The van der Waals surface area contributed by atoms with E-state index in [2.05, 4.69) is 0 Å². The van der Waals surface area contributed by atoms with E-state index >= 15 is 0 Å². The molecule has 0 aromatic heterocycles. The summed E-state index contributed by atoms with van der Waals surface area (Å²) >= 11 is 0. The fourth-order valence-corrected chi connectivity index (χ4v) is 2.12. The Kier molecular flexibility index (Phi) is 4.38. The topological polar surface area (TPSA) is 83.5 Å². The lowest BCUT2D eigenvalue weighted by atomic mass is 9.95. The monoisotopic (exact) mass is 271 g/mol. The van der Waals surface area contributed by atoms with Crippen LogP contribution in [0.4, 0.5) is 0 Å². The molecule has 104 valence electrons. The van der Waals surface area contributed by atoms with Crippen molar-refractivity contribution < 1.29 is 15.0 Å². The summed E-state index contributed by atoms with van der Waals surface area (Å²) in [6.07, 6.45) is 0.884. The SMILES string of the molecule is N[C@H](Cc1ccc(O)cc1Cc1ccccc1)C(=O)O. The van der Waals surface area contributed by atoms with Gasteiger partial charge in [-0.2, -0.15) is 0 Å². The highest BCUT2D eigenvalue weighted by Gasteiger charge is 2.15. The van der Waals surface area contributed by atoms with Gasteiger partial charge in [-0.15, -0.1) is 0 Å². The number of phenolic OH excluding ortho intramolecular Hbond substituents is 1. The molecule has 2 aromatic rings. The highest BCUT2D eigenvalue weighted by molar-refractivity contribution is 5.73. The van der Waals surface area contributed by atoms with Crippen LogP contribution >= 0.6 is 0 Å². The molecule has 0 bridgehead atoms. The van der Waals surface area contributed by atoms with Gasteiger partial charge in [0.05, 0.1) is 0 Å². The molecule has 0 heterocycles. The number of aliphatic carboxylic acids is 1. The normalized spacial score (nSPS) is 12.1. The molecule has 0 aliphatic rings. The fraction of sp³-hybridized carbons (Fsp3) is 0.188. The molecule has 0 fully saturated rings. The highest BCUT2D eigenvalue weighted by atomic mass is 16.4.